The van der Waals surface area contributed by atoms with Gasteiger partial charge in [0, 0.05) is 28.7 Å². The van der Waals surface area contributed by atoms with Crippen LogP contribution in [-0.4, -0.2) is 30.4 Å². The number of nitro groups is 1. The van der Waals surface area contributed by atoms with Crippen LogP contribution in [0.2, 0.25) is 10.0 Å². The van der Waals surface area contributed by atoms with Crippen LogP contribution in [0.25, 0.3) is 0 Å². The van der Waals surface area contributed by atoms with E-state index < -0.39 is 4.92 Å². The lowest BCUT2D eigenvalue weighted by atomic mass is 10.2. The number of aryl methyl sites for hydroxylation is 2. The monoisotopic (exact) mass is 436 g/mol. The van der Waals surface area contributed by atoms with Crippen molar-refractivity contribution in [2.75, 3.05) is 5.32 Å². The Hall–Kier alpha value is -2.91. The highest BCUT2D eigenvalue weighted by Gasteiger charge is 2.21. The van der Waals surface area contributed by atoms with Crippen LogP contribution >= 0.6 is 23.2 Å². The molecule has 1 N–H and O–H groups in total. The minimum Gasteiger partial charge on any atom is -0.309 e. The molecule has 3 rings (SSSR count). The van der Waals surface area contributed by atoms with E-state index in [4.69, 9.17) is 23.2 Å². The Morgan fingerprint density at radius 3 is 2.66 bits per heavy atom. The molecule has 0 unspecified atom stereocenters. The summed E-state index contributed by atoms with van der Waals surface area (Å²) in [6.45, 7) is 3.84. The Balaban J connectivity index is 1.58. The van der Waals surface area contributed by atoms with Crippen molar-refractivity contribution in [2.45, 2.75) is 33.4 Å². The van der Waals surface area contributed by atoms with Gasteiger partial charge in [0.1, 0.15) is 11.4 Å². The fourth-order valence-electron chi connectivity index (χ4n) is 2.92. The first-order valence-electron chi connectivity index (χ1n) is 8.70. The maximum absolute atomic E-state index is 12.2. The molecular weight excluding hydrogens is 419 g/mol. The van der Waals surface area contributed by atoms with E-state index in [2.05, 4.69) is 15.5 Å². The largest absolute Gasteiger partial charge is 0.312 e. The van der Waals surface area contributed by atoms with E-state index in [1.165, 1.54) is 4.68 Å². The molecule has 0 saturated carbocycles. The fraction of sp³-hybridized carbons (Fsp3) is 0.278. The van der Waals surface area contributed by atoms with E-state index >= 15 is 0 Å². The summed E-state index contributed by atoms with van der Waals surface area (Å²) in [6, 6.07) is 6.90. The Kier molecular flexibility index (Phi) is 6.19. The van der Waals surface area contributed by atoms with E-state index in [1.807, 2.05) is 6.07 Å². The summed E-state index contributed by atoms with van der Waals surface area (Å²) in [7, 11) is 0. The van der Waals surface area contributed by atoms with Crippen molar-refractivity contribution in [3.63, 3.8) is 0 Å². The van der Waals surface area contributed by atoms with Gasteiger partial charge in [0.25, 0.3) is 0 Å². The number of aromatic nitrogens is 4. The molecule has 0 spiro atoms. The molecule has 11 heteroatoms. The quantitative estimate of drug-likeness (QED) is 0.444. The SMILES string of the molecule is Cc1nn(CCC(=O)Nc2ccn(Cc3ccc(Cl)cc3Cl)n2)c(C)c1[N+](=O)[O-]. The van der Waals surface area contributed by atoms with Gasteiger partial charge in [-0.25, -0.2) is 0 Å². The number of hydrogen-bond acceptors (Lipinski definition) is 5. The van der Waals surface area contributed by atoms with Crippen molar-refractivity contribution in [2.24, 2.45) is 0 Å². The number of nitrogens with one attached hydrogen (secondary N) is 1. The molecule has 1 amide bonds. The molecule has 0 saturated heterocycles. The molecule has 2 aromatic heterocycles. The number of anilines is 1. The predicted molar refractivity (Wildman–Crippen MR) is 109 cm³/mol. The number of halogens is 2. The van der Waals surface area contributed by atoms with Crippen LogP contribution in [0.5, 0.6) is 0 Å². The van der Waals surface area contributed by atoms with Gasteiger partial charge < -0.3 is 5.32 Å². The van der Waals surface area contributed by atoms with E-state index in [1.54, 1.807) is 42.9 Å². The minimum atomic E-state index is -0.464. The molecule has 0 bridgehead atoms. The van der Waals surface area contributed by atoms with Gasteiger partial charge in [-0.1, -0.05) is 29.3 Å². The minimum absolute atomic E-state index is 0.0231. The first-order chi connectivity index (χ1) is 13.7. The van der Waals surface area contributed by atoms with Crippen LogP contribution in [0.1, 0.15) is 23.4 Å². The summed E-state index contributed by atoms with van der Waals surface area (Å²) < 4.78 is 3.11. The average molecular weight is 437 g/mol. The van der Waals surface area contributed by atoms with Crippen molar-refractivity contribution in [1.29, 1.82) is 0 Å². The van der Waals surface area contributed by atoms with E-state index in [0.29, 0.717) is 33.8 Å². The molecule has 152 valence electrons. The second-order valence-corrected chi connectivity index (χ2v) is 7.28. The smallest absolute Gasteiger partial charge is 0.309 e. The first kappa shape index (κ1) is 20.8. The lowest BCUT2D eigenvalue weighted by molar-refractivity contribution is -0.386. The number of nitrogens with zero attached hydrogens (tertiary/aromatic N) is 5. The highest BCUT2D eigenvalue weighted by molar-refractivity contribution is 6.35. The number of amides is 1. The lowest BCUT2D eigenvalue weighted by Gasteiger charge is -2.06. The van der Waals surface area contributed by atoms with E-state index in [9.17, 15) is 14.9 Å². The second-order valence-electron chi connectivity index (χ2n) is 6.43. The third-order valence-electron chi connectivity index (χ3n) is 4.33. The number of benzene rings is 1. The van der Waals surface area contributed by atoms with Gasteiger partial charge in [0.05, 0.1) is 18.0 Å². The summed E-state index contributed by atoms with van der Waals surface area (Å²) in [6.07, 6.45) is 1.83. The molecule has 0 aliphatic rings. The van der Waals surface area contributed by atoms with Gasteiger partial charge in [0.2, 0.25) is 5.91 Å². The molecule has 0 radical (unpaired) electrons. The van der Waals surface area contributed by atoms with Crippen molar-refractivity contribution in [3.05, 3.63) is 67.6 Å². The third-order valence-corrected chi connectivity index (χ3v) is 4.92. The third kappa shape index (κ3) is 4.93. The number of carbonyl (C=O) groups is 1. The van der Waals surface area contributed by atoms with Gasteiger partial charge in [-0.05, 0) is 31.5 Å². The Morgan fingerprint density at radius 1 is 1.24 bits per heavy atom. The molecule has 1 aromatic carbocycles. The van der Waals surface area contributed by atoms with Gasteiger partial charge in [-0.2, -0.15) is 10.2 Å². The average Bonchev–Trinajstić information content (AvgIpc) is 3.19. The summed E-state index contributed by atoms with van der Waals surface area (Å²) in [5.74, 6) is 0.134. The molecule has 0 fully saturated rings. The van der Waals surface area contributed by atoms with Crippen LogP contribution in [0, 0.1) is 24.0 Å². The molecule has 2 heterocycles. The number of carbonyl (C=O) groups excluding carboxylic acids is 1. The van der Waals surface area contributed by atoms with Crippen molar-refractivity contribution in [3.8, 4) is 0 Å². The normalized spacial score (nSPS) is 10.9. The van der Waals surface area contributed by atoms with Crippen LogP contribution in [0.15, 0.2) is 30.5 Å². The summed E-state index contributed by atoms with van der Waals surface area (Å²) in [5.41, 5.74) is 1.57. The van der Waals surface area contributed by atoms with Gasteiger partial charge >= 0.3 is 5.69 Å². The van der Waals surface area contributed by atoms with Crippen molar-refractivity contribution >= 4 is 40.6 Å². The zero-order valence-corrected chi connectivity index (χ0v) is 17.2. The first-order valence-corrected chi connectivity index (χ1v) is 9.46. The standard InChI is InChI=1S/C18H18Cl2N6O3/c1-11-18(26(28)29)12(2)25(22-11)8-6-17(27)21-16-5-7-24(23-16)10-13-3-4-14(19)9-15(13)20/h3-5,7,9H,6,8,10H2,1-2H3,(H,21,23,27). The highest BCUT2D eigenvalue weighted by Crippen LogP contribution is 2.23. The van der Waals surface area contributed by atoms with Gasteiger partial charge in [-0.3, -0.25) is 24.3 Å². The molecule has 0 aliphatic carbocycles. The molecule has 3 aromatic rings. The molecule has 29 heavy (non-hydrogen) atoms. The van der Waals surface area contributed by atoms with Crippen LogP contribution in [0.3, 0.4) is 0 Å². The molecular formula is C18H18Cl2N6O3. The zero-order valence-electron chi connectivity index (χ0n) is 15.7. The summed E-state index contributed by atoms with van der Waals surface area (Å²) in [5, 5.41) is 23.3. The maximum atomic E-state index is 12.2. The van der Waals surface area contributed by atoms with E-state index in [0.717, 1.165) is 5.56 Å². The van der Waals surface area contributed by atoms with Crippen molar-refractivity contribution in [1.82, 2.24) is 19.6 Å². The molecule has 0 aliphatic heterocycles. The van der Waals surface area contributed by atoms with Crippen LogP contribution < -0.4 is 5.32 Å². The highest BCUT2D eigenvalue weighted by atomic mass is 35.5. The Morgan fingerprint density at radius 2 is 2.00 bits per heavy atom. The van der Waals surface area contributed by atoms with Crippen molar-refractivity contribution < 1.29 is 9.72 Å². The van der Waals surface area contributed by atoms with Crippen LogP contribution in [0.4, 0.5) is 11.5 Å². The topological polar surface area (TPSA) is 108 Å². The van der Waals surface area contributed by atoms with Gasteiger partial charge in [0.15, 0.2) is 5.82 Å². The summed E-state index contributed by atoms with van der Waals surface area (Å²) >= 11 is 12.1. The molecule has 9 nitrogen and oxygen atoms in total. The Bertz CT molecular complexity index is 1080. The lowest BCUT2D eigenvalue weighted by Crippen LogP contribution is -2.16. The van der Waals surface area contributed by atoms with Crippen LogP contribution in [-0.2, 0) is 17.9 Å². The fourth-order valence-corrected chi connectivity index (χ4v) is 3.39. The van der Waals surface area contributed by atoms with E-state index in [-0.39, 0.29) is 24.6 Å². The maximum Gasteiger partial charge on any atom is 0.312 e. The molecule has 0 atom stereocenters. The Labute approximate surface area is 176 Å². The summed E-state index contributed by atoms with van der Waals surface area (Å²) in [4.78, 5) is 22.8. The predicted octanol–water partition coefficient (Wildman–Crippen LogP) is 3.99. The second kappa shape index (κ2) is 8.62. The number of hydrogen-bond donors (Lipinski definition) is 1. The van der Waals surface area contributed by atoms with Gasteiger partial charge in [-0.15, -0.1) is 0 Å². The number of rotatable bonds is 7. The zero-order chi connectivity index (χ0) is 21.1.